The van der Waals surface area contributed by atoms with Crippen LogP contribution in [-0.4, -0.2) is 43.0 Å². The Balaban J connectivity index is 1.82. The molecule has 6 heteroatoms. The van der Waals surface area contributed by atoms with Crippen LogP contribution in [0.3, 0.4) is 0 Å². The van der Waals surface area contributed by atoms with Gasteiger partial charge in [-0.05, 0) is 30.7 Å². The second-order valence-corrected chi connectivity index (χ2v) is 6.03. The Bertz CT molecular complexity index is 501. The zero-order valence-corrected chi connectivity index (χ0v) is 13.4. The Hall–Kier alpha value is -1.56. The number of ether oxygens (including phenoxy) is 1. The highest BCUT2D eigenvalue weighted by Crippen LogP contribution is 2.24. The molecule has 1 fully saturated rings. The zero-order valence-electron chi connectivity index (χ0n) is 12.6. The van der Waals surface area contributed by atoms with Gasteiger partial charge in [-0.25, -0.2) is 0 Å². The minimum absolute atomic E-state index is 0.107. The van der Waals surface area contributed by atoms with E-state index in [4.69, 9.17) is 4.74 Å². The topological polar surface area (TPSA) is 58.6 Å². The largest absolute Gasteiger partial charge is 0.495 e. The second kappa shape index (κ2) is 7.45. The fourth-order valence-corrected chi connectivity index (χ4v) is 3.47. The van der Waals surface area contributed by atoms with Crippen LogP contribution in [0.2, 0.25) is 0 Å². The molecule has 5 nitrogen and oxygen atoms in total. The highest BCUT2D eigenvalue weighted by atomic mass is 32.1. The second-order valence-electron chi connectivity index (χ2n) is 5.12. The lowest BCUT2D eigenvalue weighted by Gasteiger charge is -2.26. The lowest BCUT2D eigenvalue weighted by Crippen LogP contribution is -2.38. The summed E-state index contributed by atoms with van der Waals surface area (Å²) in [6, 6.07) is 2.02. The molecule has 116 valence electrons. The smallest absolute Gasteiger partial charge is 0.265 e. The number of nitrogens with zero attached hydrogens (tertiary/aromatic N) is 1. The van der Waals surface area contributed by atoms with E-state index < -0.39 is 0 Å². The molecule has 1 N–H and O–H groups in total. The third-order valence-electron chi connectivity index (χ3n) is 3.84. The summed E-state index contributed by atoms with van der Waals surface area (Å²) in [5.74, 6) is 0.747. The van der Waals surface area contributed by atoms with Crippen LogP contribution in [-0.2, 0) is 4.79 Å². The number of rotatable bonds is 7. The van der Waals surface area contributed by atoms with Crippen LogP contribution in [0.25, 0.3) is 0 Å². The van der Waals surface area contributed by atoms with Crippen LogP contribution in [0.15, 0.2) is 11.4 Å². The summed E-state index contributed by atoms with van der Waals surface area (Å²) in [5, 5.41) is 4.76. The maximum Gasteiger partial charge on any atom is 0.265 e. The third-order valence-corrected chi connectivity index (χ3v) is 4.73. The molecule has 0 saturated carbocycles. The van der Waals surface area contributed by atoms with Crippen LogP contribution in [0.5, 0.6) is 5.75 Å². The van der Waals surface area contributed by atoms with E-state index in [0.29, 0.717) is 23.6 Å². The Kier molecular flexibility index (Phi) is 5.61. The van der Waals surface area contributed by atoms with Crippen molar-refractivity contribution in [1.82, 2.24) is 10.2 Å². The van der Waals surface area contributed by atoms with Gasteiger partial charge in [-0.1, -0.05) is 6.92 Å². The normalized spacial score (nSPS) is 16.1. The first-order valence-corrected chi connectivity index (χ1v) is 8.24. The van der Waals surface area contributed by atoms with Gasteiger partial charge in [-0.2, -0.15) is 0 Å². The number of carbonyl (C=O) groups excluding carboxylic acids is 2. The highest BCUT2D eigenvalue weighted by molar-refractivity contribution is 7.12. The molecule has 1 atom stereocenters. The fourth-order valence-electron chi connectivity index (χ4n) is 2.69. The molecule has 0 bridgehead atoms. The molecule has 2 heterocycles. The van der Waals surface area contributed by atoms with E-state index in [1.807, 2.05) is 10.3 Å². The van der Waals surface area contributed by atoms with E-state index in [1.165, 1.54) is 11.3 Å². The first-order chi connectivity index (χ1) is 10.2. The number of nitrogens with one attached hydrogen (secondary N) is 1. The number of hydrogen-bond donors (Lipinski definition) is 1. The van der Waals surface area contributed by atoms with Gasteiger partial charge in [0.1, 0.15) is 10.6 Å². The molecule has 1 saturated heterocycles. The molecular formula is C15H22N2O3S. The molecule has 1 aliphatic rings. The molecule has 0 spiro atoms. The van der Waals surface area contributed by atoms with Gasteiger partial charge >= 0.3 is 0 Å². The summed E-state index contributed by atoms with van der Waals surface area (Å²) in [6.07, 6.45) is 3.33. The Labute approximate surface area is 129 Å². The van der Waals surface area contributed by atoms with Crippen molar-refractivity contribution in [2.75, 3.05) is 20.2 Å². The highest BCUT2D eigenvalue weighted by Gasteiger charge is 2.26. The first kappa shape index (κ1) is 15.8. The summed E-state index contributed by atoms with van der Waals surface area (Å²) in [4.78, 5) is 26.4. The molecule has 2 amide bonds. The molecule has 1 aromatic heterocycles. The molecule has 0 unspecified atom stereocenters. The predicted molar refractivity (Wildman–Crippen MR) is 82.8 cm³/mol. The van der Waals surface area contributed by atoms with Crippen LogP contribution < -0.4 is 10.1 Å². The van der Waals surface area contributed by atoms with E-state index >= 15 is 0 Å². The SMILES string of the molecule is CC[C@@H](CCNC(=O)c1sccc1OC)N1CCCC1=O. The van der Waals surface area contributed by atoms with Crippen molar-refractivity contribution in [3.8, 4) is 5.75 Å². The Morgan fingerprint density at radius 2 is 2.38 bits per heavy atom. The fraction of sp³-hybridized carbons (Fsp3) is 0.600. The van der Waals surface area contributed by atoms with Crippen molar-refractivity contribution in [2.24, 2.45) is 0 Å². The molecule has 0 radical (unpaired) electrons. The first-order valence-electron chi connectivity index (χ1n) is 7.36. The van der Waals surface area contributed by atoms with Gasteiger partial charge in [0.25, 0.3) is 5.91 Å². The van der Waals surface area contributed by atoms with Gasteiger partial charge in [-0.3, -0.25) is 9.59 Å². The number of amides is 2. The van der Waals surface area contributed by atoms with Crippen molar-refractivity contribution in [3.63, 3.8) is 0 Å². The van der Waals surface area contributed by atoms with Gasteiger partial charge in [0, 0.05) is 25.6 Å². The van der Waals surface area contributed by atoms with E-state index in [-0.39, 0.29) is 17.9 Å². The lowest BCUT2D eigenvalue weighted by atomic mass is 10.1. The number of methoxy groups -OCH3 is 1. The predicted octanol–water partition coefficient (Wildman–Crippen LogP) is 2.28. The molecule has 21 heavy (non-hydrogen) atoms. The van der Waals surface area contributed by atoms with Crippen LogP contribution in [0.1, 0.15) is 42.3 Å². The van der Waals surface area contributed by atoms with Gasteiger partial charge in [0.2, 0.25) is 5.91 Å². The van der Waals surface area contributed by atoms with Gasteiger partial charge in [0.05, 0.1) is 7.11 Å². The number of likely N-dealkylation sites (tertiary alicyclic amines) is 1. The summed E-state index contributed by atoms with van der Waals surface area (Å²) in [5.41, 5.74) is 0. The minimum atomic E-state index is -0.107. The maximum absolute atomic E-state index is 12.1. The quantitative estimate of drug-likeness (QED) is 0.840. The Morgan fingerprint density at radius 3 is 3.00 bits per heavy atom. The summed E-state index contributed by atoms with van der Waals surface area (Å²) < 4.78 is 5.15. The average molecular weight is 310 g/mol. The van der Waals surface area contributed by atoms with Crippen molar-refractivity contribution < 1.29 is 14.3 Å². The number of thiophene rings is 1. The lowest BCUT2D eigenvalue weighted by molar-refractivity contribution is -0.129. The standard InChI is InChI=1S/C15H22N2O3S/c1-3-11(17-9-4-5-13(17)18)6-8-16-15(19)14-12(20-2)7-10-21-14/h7,10-11H,3-6,8-9H2,1-2H3,(H,16,19)/t11-/m0/s1. The van der Waals surface area contributed by atoms with E-state index in [0.717, 1.165) is 25.8 Å². The van der Waals surface area contributed by atoms with Crippen LogP contribution in [0, 0.1) is 0 Å². The summed E-state index contributed by atoms with van der Waals surface area (Å²) >= 11 is 1.37. The Morgan fingerprint density at radius 1 is 1.57 bits per heavy atom. The average Bonchev–Trinajstić information content (AvgIpc) is 3.12. The van der Waals surface area contributed by atoms with E-state index in [9.17, 15) is 9.59 Å². The number of hydrogen-bond acceptors (Lipinski definition) is 4. The van der Waals surface area contributed by atoms with Crippen molar-refractivity contribution in [3.05, 3.63) is 16.3 Å². The van der Waals surface area contributed by atoms with Crippen molar-refractivity contribution in [2.45, 2.75) is 38.6 Å². The molecule has 1 aromatic rings. The zero-order chi connectivity index (χ0) is 15.2. The van der Waals surface area contributed by atoms with Crippen molar-refractivity contribution in [1.29, 1.82) is 0 Å². The molecule has 0 aliphatic carbocycles. The van der Waals surface area contributed by atoms with Gasteiger partial charge < -0.3 is 15.0 Å². The number of carbonyl (C=O) groups is 2. The third kappa shape index (κ3) is 3.75. The summed E-state index contributed by atoms with van der Waals surface area (Å²) in [6.45, 7) is 3.51. The van der Waals surface area contributed by atoms with Gasteiger partial charge in [-0.15, -0.1) is 11.3 Å². The molecule has 0 aromatic carbocycles. The molecule has 1 aliphatic heterocycles. The maximum atomic E-state index is 12.1. The van der Waals surface area contributed by atoms with Crippen molar-refractivity contribution >= 4 is 23.2 Å². The van der Waals surface area contributed by atoms with Gasteiger partial charge in [0.15, 0.2) is 0 Å². The van der Waals surface area contributed by atoms with Crippen LogP contribution in [0.4, 0.5) is 0 Å². The summed E-state index contributed by atoms with van der Waals surface area (Å²) in [7, 11) is 1.56. The van der Waals surface area contributed by atoms with E-state index in [2.05, 4.69) is 12.2 Å². The van der Waals surface area contributed by atoms with E-state index in [1.54, 1.807) is 13.2 Å². The van der Waals surface area contributed by atoms with Crippen LogP contribution >= 0.6 is 11.3 Å². The monoisotopic (exact) mass is 310 g/mol. The molecule has 2 rings (SSSR count). The minimum Gasteiger partial charge on any atom is -0.495 e. The molecular weight excluding hydrogens is 288 g/mol.